The number of rotatable bonds is 3. The maximum atomic E-state index is 6.57. The Morgan fingerprint density at radius 1 is 0.462 bits per heavy atom. The van der Waals surface area contributed by atoms with Gasteiger partial charge in [0.2, 0.25) is 0 Å². The lowest BCUT2D eigenvalue weighted by Gasteiger charge is -2.12. The highest BCUT2D eigenvalue weighted by atomic mass is 16.3. The van der Waals surface area contributed by atoms with Crippen LogP contribution in [0.1, 0.15) is 0 Å². The van der Waals surface area contributed by atoms with E-state index in [-0.39, 0.29) is 0 Å². The Bertz CT molecular complexity index is 2160. The number of hydrogen-bond donors (Lipinski definition) is 0. The fraction of sp³-hybridized carbons (Fsp3) is 0. The van der Waals surface area contributed by atoms with Gasteiger partial charge < -0.3 is 4.42 Å². The average Bonchev–Trinajstić information content (AvgIpc) is 3.40. The van der Waals surface area contributed by atoms with Crippen LogP contribution in [-0.2, 0) is 0 Å². The summed E-state index contributed by atoms with van der Waals surface area (Å²) in [5.74, 6) is 0.718. The number of fused-ring (bicyclic) bond motifs is 6. The van der Waals surface area contributed by atoms with E-state index in [1.807, 2.05) is 30.3 Å². The standard InChI is InChI=1S/C36H22N2O/c1-3-12-23(13-4-1)25-19-11-21-32-33(25)30-22-29(26-16-7-8-17-27(26)35(30)39-32)34-28-18-9-10-20-31(28)37-36(38-34)24-14-5-2-6-15-24/h1-22H. The molecule has 6 aromatic carbocycles. The highest BCUT2D eigenvalue weighted by Gasteiger charge is 2.20. The molecule has 0 atom stereocenters. The zero-order valence-electron chi connectivity index (χ0n) is 21.0. The van der Waals surface area contributed by atoms with E-state index in [9.17, 15) is 0 Å². The van der Waals surface area contributed by atoms with Crippen LogP contribution in [-0.4, -0.2) is 9.97 Å². The molecule has 0 saturated heterocycles. The van der Waals surface area contributed by atoms with Gasteiger partial charge in [0.15, 0.2) is 5.82 Å². The van der Waals surface area contributed by atoms with Gasteiger partial charge in [0.05, 0.1) is 11.2 Å². The van der Waals surface area contributed by atoms with Crippen LogP contribution >= 0.6 is 0 Å². The molecular weight excluding hydrogens is 476 g/mol. The number of nitrogens with zero attached hydrogens (tertiary/aromatic N) is 2. The molecule has 0 aliphatic carbocycles. The minimum atomic E-state index is 0.718. The molecule has 0 radical (unpaired) electrons. The lowest BCUT2D eigenvalue weighted by atomic mass is 9.94. The van der Waals surface area contributed by atoms with Gasteiger partial charge in [0, 0.05) is 32.7 Å². The van der Waals surface area contributed by atoms with Crippen molar-refractivity contribution in [3.63, 3.8) is 0 Å². The molecule has 0 aliphatic rings. The highest BCUT2D eigenvalue weighted by molar-refractivity contribution is 6.22. The van der Waals surface area contributed by atoms with Crippen molar-refractivity contribution in [2.75, 3.05) is 0 Å². The lowest BCUT2D eigenvalue weighted by molar-refractivity contribution is 0.673. The summed E-state index contributed by atoms with van der Waals surface area (Å²) in [6.07, 6.45) is 0. The van der Waals surface area contributed by atoms with Crippen molar-refractivity contribution >= 4 is 43.6 Å². The van der Waals surface area contributed by atoms with Crippen molar-refractivity contribution < 1.29 is 4.42 Å². The summed E-state index contributed by atoms with van der Waals surface area (Å²) >= 11 is 0. The van der Waals surface area contributed by atoms with Crippen molar-refractivity contribution in [1.82, 2.24) is 9.97 Å². The summed E-state index contributed by atoms with van der Waals surface area (Å²) in [6, 6.07) is 46.0. The molecule has 2 heterocycles. The molecule has 0 spiro atoms. The first-order valence-corrected chi connectivity index (χ1v) is 13.1. The van der Waals surface area contributed by atoms with Crippen LogP contribution in [0.25, 0.3) is 77.4 Å². The molecule has 182 valence electrons. The van der Waals surface area contributed by atoms with Gasteiger partial charge in [-0.3, -0.25) is 0 Å². The van der Waals surface area contributed by atoms with Crippen LogP contribution < -0.4 is 0 Å². The molecule has 3 heteroatoms. The fourth-order valence-corrected chi connectivity index (χ4v) is 5.70. The Labute approximate surface area is 225 Å². The number of furan rings is 1. The molecule has 0 N–H and O–H groups in total. The summed E-state index contributed by atoms with van der Waals surface area (Å²) in [4.78, 5) is 10.1. The number of benzene rings is 6. The second kappa shape index (κ2) is 8.64. The number of para-hydroxylation sites is 1. The molecule has 0 bridgehead atoms. The smallest absolute Gasteiger partial charge is 0.160 e. The zero-order valence-corrected chi connectivity index (χ0v) is 21.0. The van der Waals surface area contributed by atoms with Gasteiger partial charge in [0.1, 0.15) is 11.2 Å². The number of hydrogen-bond acceptors (Lipinski definition) is 3. The van der Waals surface area contributed by atoms with Crippen LogP contribution in [0.3, 0.4) is 0 Å². The third-order valence-corrected chi connectivity index (χ3v) is 7.48. The normalized spacial score (nSPS) is 11.6. The van der Waals surface area contributed by atoms with E-state index in [0.29, 0.717) is 0 Å². The van der Waals surface area contributed by atoms with E-state index >= 15 is 0 Å². The predicted octanol–water partition coefficient (Wildman–Crippen LogP) is 9.68. The van der Waals surface area contributed by atoms with Crippen molar-refractivity contribution in [3.8, 4) is 33.8 Å². The summed E-state index contributed by atoms with van der Waals surface area (Å²) in [6.45, 7) is 0. The van der Waals surface area contributed by atoms with E-state index in [1.54, 1.807) is 0 Å². The van der Waals surface area contributed by atoms with Crippen molar-refractivity contribution in [2.24, 2.45) is 0 Å². The quantitative estimate of drug-likeness (QED) is 0.243. The minimum Gasteiger partial charge on any atom is -0.455 e. The van der Waals surface area contributed by atoms with Gasteiger partial charge in [-0.25, -0.2) is 9.97 Å². The van der Waals surface area contributed by atoms with Crippen LogP contribution in [0.5, 0.6) is 0 Å². The third kappa shape index (κ3) is 3.44. The summed E-state index contributed by atoms with van der Waals surface area (Å²) < 4.78 is 6.57. The molecule has 0 saturated carbocycles. The Kier molecular flexibility index (Phi) is 4.82. The van der Waals surface area contributed by atoms with Crippen LogP contribution in [0.2, 0.25) is 0 Å². The topological polar surface area (TPSA) is 38.9 Å². The Morgan fingerprint density at radius 2 is 1.13 bits per heavy atom. The van der Waals surface area contributed by atoms with E-state index in [1.165, 1.54) is 5.56 Å². The Hall–Kier alpha value is -5.28. The molecule has 0 amide bonds. The van der Waals surface area contributed by atoms with E-state index in [2.05, 4.69) is 103 Å². The van der Waals surface area contributed by atoms with Crippen LogP contribution in [0, 0.1) is 0 Å². The minimum absolute atomic E-state index is 0.718. The maximum Gasteiger partial charge on any atom is 0.160 e. The second-order valence-electron chi connectivity index (χ2n) is 9.77. The molecule has 3 nitrogen and oxygen atoms in total. The molecule has 2 aromatic heterocycles. The fourth-order valence-electron chi connectivity index (χ4n) is 5.70. The second-order valence-corrected chi connectivity index (χ2v) is 9.77. The predicted molar refractivity (Wildman–Crippen MR) is 161 cm³/mol. The van der Waals surface area contributed by atoms with Crippen molar-refractivity contribution in [1.29, 1.82) is 0 Å². The summed E-state index contributed by atoms with van der Waals surface area (Å²) in [5, 5.41) is 5.41. The molecule has 0 unspecified atom stereocenters. The summed E-state index contributed by atoms with van der Waals surface area (Å²) in [7, 11) is 0. The molecule has 8 aromatic rings. The first-order valence-electron chi connectivity index (χ1n) is 13.1. The lowest BCUT2D eigenvalue weighted by Crippen LogP contribution is -1.96. The van der Waals surface area contributed by atoms with Crippen molar-refractivity contribution in [3.05, 3.63) is 133 Å². The van der Waals surface area contributed by atoms with Gasteiger partial charge in [0.25, 0.3) is 0 Å². The first kappa shape index (κ1) is 21.8. The highest BCUT2D eigenvalue weighted by Crippen LogP contribution is 2.43. The zero-order chi connectivity index (χ0) is 25.8. The molecule has 8 rings (SSSR count). The van der Waals surface area contributed by atoms with E-state index in [0.717, 1.165) is 71.8 Å². The maximum absolute atomic E-state index is 6.57. The van der Waals surface area contributed by atoms with E-state index < -0.39 is 0 Å². The molecule has 0 aliphatic heterocycles. The third-order valence-electron chi connectivity index (χ3n) is 7.48. The number of aromatic nitrogens is 2. The SMILES string of the molecule is c1ccc(-c2nc(-c3cc4c(oc5cccc(-c6ccccc6)c54)c4ccccc34)c3ccccc3n2)cc1. The van der Waals surface area contributed by atoms with Crippen LogP contribution in [0.4, 0.5) is 0 Å². The first-order chi connectivity index (χ1) is 19.3. The monoisotopic (exact) mass is 498 g/mol. The van der Waals surface area contributed by atoms with Crippen molar-refractivity contribution in [2.45, 2.75) is 0 Å². The molecule has 39 heavy (non-hydrogen) atoms. The largest absolute Gasteiger partial charge is 0.455 e. The Morgan fingerprint density at radius 3 is 1.92 bits per heavy atom. The van der Waals surface area contributed by atoms with Gasteiger partial charge >= 0.3 is 0 Å². The molecule has 0 fully saturated rings. The Balaban J connectivity index is 1.52. The molecular formula is C36H22N2O. The van der Waals surface area contributed by atoms with Gasteiger partial charge in [-0.2, -0.15) is 0 Å². The van der Waals surface area contributed by atoms with Gasteiger partial charge in [-0.05, 0) is 34.7 Å². The summed E-state index contributed by atoms with van der Waals surface area (Å²) in [5.41, 5.74) is 8.01. The van der Waals surface area contributed by atoms with E-state index in [4.69, 9.17) is 14.4 Å². The van der Waals surface area contributed by atoms with Gasteiger partial charge in [-0.1, -0.05) is 115 Å². The average molecular weight is 499 g/mol. The van der Waals surface area contributed by atoms with Crippen LogP contribution in [0.15, 0.2) is 138 Å². The van der Waals surface area contributed by atoms with Gasteiger partial charge in [-0.15, -0.1) is 0 Å².